The van der Waals surface area contributed by atoms with Crippen LogP contribution in [0.5, 0.6) is 0 Å². The van der Waals surface area contributed by atoms with Gasteiger partial charge in [0.2, 0.25) is 0 Å². The van der Waals surface area contributed by atoms with Crippen molar-refractivity contribution in [2.75, 3.05) is 6.54 Å². The first kappa shape index (κ1) is 15.6. The van der Waals surface area contributed by atoms with Gasteiger partial charge in [-0.1, -0.05) is 57.4 Å². The molecule has 1 aliphatic carbocycles. The predicted octanol–water partition coefficient (Wildman–Crippen LogP) is 4.58. The molecule has 2 N–H and O–H groups in total. The van der Waals surface area contributed by atoms with E-state index in [0.717, 1.165) is 30.7 Å². The molecule has 20 heavy (non-hydrogen) atoms. The van der Waals surface area contributed by atoms with Crippen molar-refractivity contribution in [2.45, 2.75) is 58.8 Å². The molecule has 1 aliphatic rings. The molecule has 0 aliphatic heterocycles. The topological polar surface area (TPSA) is 26.0 Å². The number of aryl methyl sites for hydroxylation is 1. The van der Waals surface area contributed by atoms with E-state index in [9.17, 15) is 0 Å². The number of rotatable bonds is 6. The summed E-state index contributed by atoms with van der Waals surface area (Å²) in [6.45, 7) is 5.40. The molecule has 0 saturated heterocycles. The lowest BCUT2D eigenvalue weighted by Gasteiger charge is -2.36. The second-order valence-electron chi connectivity index (χ2n) is 6.60. The van der Waals surface area contributed by atoms with E-state index in [1.165, 1.54) is 49.7 Å². The first-order valence-corrected chi connectivity index (χ1v) is 8.54. The average Bonchev–Trinajstić information content (AvgIpc) is 2.49. The largest absolute Gasteiger partial charge is 0.330 e. The molecule has 0 radical (unpaired) electrons. The van der Waals surface area contributed by atoms with Crippen molar-refractivity contribution in [3.8, 4) is 0 Å². The van der Waals surface area contributed by atoms with E-state index in [4.69, 9.17) is 5.73 Å². The van der Waals surface area contributed by atoms with E-state index < -0.39 is 0 Å². The van der Waals surface area contributed by atoms with Gasteiger partial charge in [-0.25, -0.2) is 0 Å². The summed E-state index contributed by atoms with van der Waals surface area (Å²) >= 11 is 0. The highest BCUT2D eigenvalue weighted by Gasteiger charge is 2.29. The Morgan fingerprint density at radius 3 is 2.30 bits per heavy atom. The molecule has 1 aromatic carbocycles. The number of benzene rings is 1. The molecule has 3 unspecified atom stereocenters. The van der Waals surface area contributed by atoms with Crippen molar-refractivity contribution in [2.24, 2.45) is 23.5 Å². The maximum absolute atomic E-state index is 6.01. The molecule has 0 amide bonds. The Morgan fingerprint density at radius 2 is 1.70 bits per heavy atom. The SMILES string of the molecule is CCCC1CCC(CN)C(Cc2ccc(CC)cc2)C1. The number of nitrogens with two attached hydrogens (primary N) is 1. The molecule has 0 heterocycles. The lowest BCUT2D eigenvalue weighted by atomic mass is 9.70. The molecule has 1 nitrogen and oxygen atoms in total. The molecule has 0 bridgehead atoms. The molecule has 3 atom stereocenters. The maximum atomic E-state index is 6.01. The zero-order chi connectivity index (χ0) is 14.4. The summed E-state index contributed by atoms with van der Waals surface area (Å²) in [5.74, 6) is 2.49. The van der Waals surface area contributed by atoms with Crippen molar-refractivity contribution in [1.29, 1.82) is 0 Å². The van der Waals surface area contributed by atoms with E-state index in [0.29, 0.717) is 0 Å². The van der Waals surface area contributed by atoms with Crippen LogP contribution in [-0.4, -0.2) is 6.54 Å². The van der Waals surface area contributed by atoms with Crippen LogP contribution < -0.4 is 5.73 Å². The van der Waals surface area contributed by atoms with Crippen LogP contribution in [0.1, 0.15) is 57.1 Å². The van der Waals surface area contributed by atoms with Crippen molar-refractivity contribution >= 4 is 0 Å². The van der Waals surface area contributed by atoms with Crippen LogP contribution in [0.2, 0.25) is 0 Å². The van der Waals surface area contributed by atoms with Crippen LogP contribution in [0.3, 0.4) is 0 Å². The highest BCUT2D eigenvalue weighted by atomic mass is 14.6. The number of hydrogen-bond donors (Lipinski definition) is 1. The van der Waals surface area contributed by atoms with Crippen molar-refractivity contribution < 1.29 is 0 Å². The third-order valence-corrected chi connectivity index (χ3v) is 5.18. The first-order valence-electron chi connectivity index (χ1n) is 8.54. The van der Waals surface area contributed by atoms with E-state index in [-0.39, 0.29) is 0 Å². The molecule has 1 fully saturated rings. The zero-order valence-corrected chi connectivity index (χ0v) is 13.3. The van der Waals surface area contributed by atoms with Crippen LogP contribution in [0.4, 0.5) is 0 Å². The lowest BCUT2D eigenvalue weighted by Crippen LogP contribution is -2.31. The Hall–Kier alpha value is -0.820. The minimum absolute atomic E-state index is 0.744. The smallest absolute Gasteiger partial charge is 0.00461 e. The Kier molecular flexibility index (Phi) is 6.09. The molecule has 1 saturated carbocycles. The molecular formula is C19H31N. The summed E-state index contributed by atoms with van der Waals surface area (Å²) < 4.78 is 0. The monoisotopic (exact) mass is 273 g/mol. The standard InChI is InChI=1S/C19H31N/c1-3-5-16-10-11-18(14-20)19(12-16)13-17-8-6-15(4-2)7-9-17/h6-9,16,18-19H,3-5,10-14,20H2,1-2H3. The Balaban J connectivity index is 1.99. The van der Waals surface area contributed by atoms with Gasteiger partial charge in [-0.2, -0.15) is 0 Å². The van der Waals surface area contributed by atoms with Gasteiger partial charge >= 0.3 is 0 Å². The molecule has 0 aromatic heterocycles. The lowest BCUT2D eigenvalue weighted by molar-refractivity contribution is 0.175. The van der Waals surface area contributed by atoms with E-state index >= 15 is 0 Å². The average molecular weight is 273 g/mol. The van der Waals surface area contributed by atoms with Crippen LogP contribution in [0.15, 0.2) is 24.3 Å². The Bertz CT molecular complexity index is 381. The molecule has 1 heteroatoms. The summed E-state index contributed by atoms with van der Waals surface area (Å²) in [5.41, 5.74) is 8.96. The Morgan fingerprint density at radius 1 is 1.00 bits per heavy atom. The molecule has 2 rings (SSSR count). The summed E-state index contributed by atoms with van der Waals surface area (Å²) in [7, 11) is 0. The fraction of sp³-hybridized carbons (Fsp3) is 0.684. The van der Waals surface area contributed by atoms with Crippen molar-refractivity contribution in [1.82, 2.24) is 0 Å². The van der Waals surface area contributed by atoms with E-state index in [2.05, 4.69) is 38.1 Å². The normalized spacial score (nSPS) is 26.6. The van der Waals surface area contributed by atoms with Gasteiger partial charge in [-0.15, -0.1) is 0 Å². The minimum atomic E-state index is 0.744. The van der Waals surface area contributed by atoms with Crippen molar-refractivity contribution in [3.63, 3.8) is 0 Å². The van der Waals surface area contributed by atoms with Crippen LogP contribution >= 0.6 is 0 Å². The fourth-order valence-corrected chi connectivity index (χ4v) is 3.87. The second kappa shape index (κ2) is 7.83. The number of hydrogen-bond acceptors (Lipinski definition) is 1. The van der Waals surface area contributed by atoms with E-state index in [1.54, 1.807) is 0 Å². The third kappa shape index (κ3) is 4.09. The van der Waals surface area contributed by atoms with Gasteiger partial charge in [0, 0.05) is 0 Å². The Labute approximate surface area is 125 Å². The summed E-state index contributed by atoms with van der Waals surface area (Å²) in [6, 6.07) is 9.24. The highest BCUT2D eigenvalue weighted by molar-refractivity contribution is 5.23. The third-order valence-electron chi connectivity index (χ3n) is 5.18. The fourth-order valence-electron chi connectivity index (χ4n) is 3.87. The van der Waals surface area contributed by atoms with Gasteiger partial charge in [0.25, 0.3) is 0 Å². The van der Waals surface area contributed by atoms with Crippen LogP contribution in [0, 0.1) is 17.8 Å². The van der Waals surface area contributed by atoms with Crippen molar-refractivity contribution in [3.05, 3.63) is 35.4 Å². The maximum Gasteiger partial charge on any atom is -0.00461 e. The van der Waals surface area contributed by atoms with Gasteiger partial charge in [-0.3, -0.25) is 0 Å². The van der Waals surface area contributed by atoms with Gasteiger partial charge in [0.05, 0.1) is 0 Å². The molecule has 0 spiro atoms. The zero-order valence-electron chi connectivity index (χ0n) is 13.3. The molecule has 1 aromatic rings. The minimum Gasteiger partial charge on any atom is -0.330 e. The highest BCUT2D eigenvalue weighted by Crippen LogP contribution is 2.37. The van der Waals surface area contributed by atoms with Gasteiger partial charge in [-0.05, 0) is 61.1 Å². The van der Waals surface area contributed by atoms with Gasteiger partial charge in [0.15, 0.2) is 0 Å². The summed E-state index contributed by atoms with van der Waals surface area (Å²) in [6.07, 6.45) is 9.24. The van der Waals surface area contributed by atoms with E-state index in [1.807, 2.05) is 0 Å². The summed E-state index contributed by atoms with van der Waals surface area (Å²) in [5, 5.41) is 0. The predicted molar refractivity (Wildman–Crippen MR) is 87.8 cm³/mol. The molecule has 112 valence electrons. The van der Waals surface area contributed by atoms with Crippen LogP contribution in [0.25, 0.3) is 0 Å². The molecular weight excluding hydrogens is 242 g/mol. The first-order chi connectivity index (χ1) is 9.76. The van der Waals surface area contributed by atoms with Gasteiger partial charge in [0.1, 0.15) is 0 Å². The second-order valence-corrected chi connectivity index (χ2v) is 6.60. The quantitative estimate of drug-likeness (QED) is 0.806. The van der Waals surface area contributed by atoms with Crippen LogP contribution in [-0.2, 0) is 12.8 Å². The summed E-state index contributed by atoms with van der Waals surface area (Å²) in [4.78, 5) is 0. The van der Waals surface area contributed by atoms with Gasteiger partial charge < -0.3 is 5.73 Å².